The number of nitrogens with one attached hydrogen (secondary N) is 1. The molecule has 0 saturated heterocycles. The molecule has 0 aliphatic carbocycles. The Morgan fingerprint density at radius 1 is 1.00 bits per heavy atom. The highest BCUT2D eigenvalue weighted by Gasteiger charge is 2.30. The molecule has 0 aliphatic rings. The molecule has 0 unspecified atom stereocenters. The molecule has 0 aromatic heterocycles. The van der Waals surface area contributed by atoms with Gasteiger partial charge in [0.25, 0.3) is 5.91 Å². The summed E-state index contributed by atoms with van der Waals surface area (Å²) in [5.74, 6) is -0.194. The molecular formula is C22H27NO7. The van der Waals surface area contributed by atoms with E-state index in [0.717, 1.165) is 0 Å². The van der Waals surface area contributed by atoms with Crippen molar-refractivity contribution < 1.29 is 34.0 Å². The molecular weight excluding hydrogens is 390 g/mol. The first-order valence-corrected chi connectivity index (χ1v) is 9.72. The second-order valence-corrected chi connectivity index (χ2v) is 6.26. The fraction of sp³-hybridized carbons (Fsp3) is 0.364. The van der Waals surface area contributed by atoms with Crippen molar-refractivity contribution in [2.45, 2.75) is 25.6 Å². The predicted octanol–water partition coefficient (Wildman–Crippen LogP) is 2.45. The summed E-state index contributed by atoms with van der Waals surface area (Å²) in [4.78, 5) is 24.8. The molecule has 0 bridgehead atoms. The van der Waals surface area contributed by atoms with Gasteiger partial charge >= 0.3 is 6.09 Å². The van der Waals surface area contributed by atoms with Crippen LogP contribution in [-0.4, -0.2) is 54.7 Å². The SMILES string of the molecule is CCO[C@H](CCO)[C@H](OC(=O)NC(=O)c1ccccc1)c1ccccc1OCCO. The van der Waals surface area contributed by atoms with Crippen LogP contribution in [0.25, 0.3) is 0 Å². The van der Waals surface area contributed by atoms with Gasteiger partial charge in [-0.25, -0.2) is 4.79 Å². The maximum atomic E-state index is 12.5. The van der Waals surface area contributed by atoms with E-state index in [2.05, 4.69) is 5.32 Å². The Hall–Kier alpha value is -2.94. The Balaban J connectivity index is 2.25. The zero-order valence-electron chi connectivity index (χ0n) is 16.8. The minimum Gasteiger partial charge on any atom is -0.491 e. The first-order valence-electron chi connectivity index (χ1n) is 9.72. The van der Waals surface area contributed by atoms with E-state index in [4.69, 9.17) is 19.3 Å². The summed E-state index contributed by atoms with van der Waals surface area (Å²) in [7, 11) is 0. The van der Waals surface area contributed by atoms with Crippen molar-refractivity contribution in [3.8, 4) is 5.75 Å². The molecule has 0 saturated carbocycles. The van der Waals surface area contributed by atoms with Crippen LogP contribution in [0.2, 0.25) is 0 Å². The van der Waals surface area contributed by atoms with Crippen molar-refractivity contribution in [3.05, 3.63) is 65.7 Å². The van der Waals surface area contributed by atoms with Crippen LogP contribution in [0.15, 0.2) is 54.6 Å². The van der Waals surface area contributed by atoms with Gasteiger partial charge in [0.2, 0.25) is 0 Å². The number of hydrogen-bond donors (Lipinski definition) is 3. The second-order valence-electron chi connectivity index (χ2n) is 6.26. The summed E-state index contributed by atoms with van der Waals surface area (Å²) >= 11 is 0. The van der Waals surface area contributed by atoms with Crippen molar-refractivity contribution in [2.75, 3.05) is 26.4 Å². The molecule has 2 rings (SSSR count). The van der Waals surface area contributed by atoms with E-state index >= 15 is 0 Å². The molecule has 0 spiro atoms. The molecule has 2 aromatic rings. The highest BCUT2D eigenvalue weighted by atomic mass is 16.6. The van der Waals surface area contributed by atoms with Gasteiger partial charge < -0.3 is 24.4 Å². The topological polar surface area (TPSA) is 114 Å². The fourth-order valence-corrected chi connectivity index (χ4v) is 2.90. The van der Waals surface area contributed by atoms with Crippen LogP contribution in [0.3, 0.4) is 0 Å². The number of hydrogen-bond acceptors (Lipinski definition) is 7. The largest absolute Gasteiger partial charge is 0.491 e. The van der Waals surface area contributed by atoms with Crippen molar-refractivity contribution in [3.63, 3.8) is 0 Å². The molecule has 0 fully saturated rings. The zero-order chi connectivity index (χ0) is 21.8. The van der Waals surface area contributed by atoms with Crippen LogP contribution >= 0.6 is 0 Å². The number of carbonyl (C=O) groups excluding carboxylic acids is 2. The highest BCUT2D eigenvalue weighted by Crippen LogP contribution is 2.33. The van der Waals surface area contributed by atoms with Crippen molar-refractivity contribution >= 4 is 12.0 Å². The number of benzene rings is 2. The molecule has 30 heavy (non-hydrogen) atoms. The second kappa shape index (κ2) is 12.6. The van der Waals surface area contributed by atoms with E-state index in [-0.39, 0.29) is 26.2 Å². The van der Waals surface area contributed by atoms with Gasteiger partial charge in [0.1, 0.15) is 18.5 Å². The molecule has 0 radical (unpaired) electrons. The van der Waals surface area contributed by atoms with Crippen LogP contribution in [0.1, 0.15) is 35.4 Å². The lowest BCUT2D eigenvalue weighted by Crippen LogP contribution is -2.36. The number of amides is 2. The Bertz CT molecular complexity index is 791. The normalized spacial score (nSPS) is 12.6. The number of aliphatic hydroxyl groups excluding tert-OH is 2. The number of para-hydroxylation sites is 1. The summed E-state index contributed by atoms with van der Waals surface area (Å²) < 4.78 is 16.8. The lowest BCUT2D eigenvalue weighted by molar-refractivity contribution is -0.0518. The molecule has 2 atom stereocenters. The molecule has 162 valence electrons. The van der Waals surface area contributed by atoms with Crippen molar-refractivity contribution in [1.82, 2.24) is 5.32 Å². The van der Waals surface area contributed by atoms with E-state index in [0.29, 0.717) is 23.5 Å². The molecule has 0 heterocycles. The number of rotatable bonds is 11. The van der Waals surface area contributed by atoms with Crippen LogP contribution in [0, 0.1) is 0 Å². The van der Waals surface area contributed by atoms with Crippen LogP contribution in [-0.2, 0) is 9.47 Å². The van der Waals surface area contributed by atoms with Gasteiger partial charge in [0.15, 0.2) is 6.10 Å². The summed E-state index contributed by atoms with van der Waals surface area (Å²) in [6.07, 6.45) is -2.37. The Morgan fingerprint density at radius 2 is 1.70 bits per heavy atom. The summed E-state index contributed by atoms with van der Waals surface area (Å²) in [5, 5.41) is 20.7. The van der Waals surface area contributed by atoms with Crippen LogP contribution in [0.4, 0.5) is 4.79 Å². The Labute approximate surface area is 175 Å². The maximum Gasteiger partial charge on any atom is 0.414 e. The Kier molecular flexibility index (Phi) is 9.79. The first-order chi connectivity index (χ1) is 14.6. The average Bonchev–Trinajstić information content (AvgIpc) is 2.77. The van der Waals surface area contributed by atoms with Gasteiger partial charge in [0.05, 0.1) is 6.61 Å². The summed E-state index contributed by atoms with van der Waals surface area (Å²) in [5.41, 5.74) is 0.814. The third kappa shape index (κ3) is 6.84. The third-order valence-electron chi connectivity index (χ3n) is 4.19. The molecule has 3 N–H and O–H groups in total. The molecule has 0 aliphatic heterocycles. The quantitative estimate of drug-likeness (QED) is 0.514. The minimum absolute atomic E-state index is 0.0573. The monoisotopic (exact) mass is 417 g/mol. The number of ether oxygens (including phenoxy) is 3. The molecule has 2 aromatic carbocycles. The Morgan fingerprint density at radius 3 is 2.37 bits per heavy atom. The van der Waals surface area contributed by atoms with Gasteiger partial charge in [0, 0.05) is 30.8 Å². The average molecular weight is 417 g/mol. The third-order valence-corrected chi connectivity index (χ3v) is 4.19. The summed E-state index contributed by atoms with van der Waals surface area (Å²) in [6.45, 7) is 1.80. The van der Waals surface area contributed by atoms with E-state index in [9.17, 15) is 14.7 Å². The zero-order valence-corrected chi connectivity index (χ0v) is 16.8. The van der Waals surface area contributed by atoms with Crippen molar-refractivity contribution in [1.29, 1.82) is 0 Å². The molecule has 2 amide bonds. The van der Waals surface area contributed by atoms with E-state index in [1.165, 1.54) is 0 Å². The van der Waals surface area contributed by atoms with Gasteiger partial charge in [-0.3, -0.25) is 10.1 Å². The van der Waals surface area contributed by atoms with Crippen LogP contribution in [0.5, 0.6) is 5.75 Å². The number of imide groups is 1. The standard InChI is InChI=1S/C22H27NO7/c1-2-28-19(12-13-24)20(17-10-6-7-11-18(17)29-15-14-25)30-22(27)23-21(26)16-8-4-3-5-9-16/h3-11,19-20,24-25H,2,12-15H2,1H3,(H,23,26,27)/t19-,20-/m1/s1. The molecule has 8 nitrogen and oxygen atoms in total. The smallest absolute Gasteiger partial charge is 0.414 e. The van der Waals surface area contributed by atoms with E-state index in [1.807, 2.05) is 0 Å². The number of aliphatic hydroxyl groups is 2. The van der Waals surface area contributed by atoms with Crippen molar-refractivity contribution in [2.24, 2.45) is 0 Å². The van der Waals surface area contributed by atoms with Gasteiger partial charge in [-0.2, -0.15) is 0 Å². The molecule has 8 heteroatoms. The fourth-order valence-electron chi connectivity index (χ4n) is 2.90. The maximum absolute atomic E-state index is 12.5. The van der Waals surface area contributed by atoms with Gasteiger partial charge in [-0.15, -0.1) is 0 Å². The van der Waals surface area contributed by atoms with Crippen LogP contribution < -0.4 is 10.1 Å². The first kappa shape index (κ1) is 23.3. The number of alkyl carbamates (subject to hydrolysis) is 1. The van der Waals surface area contributed by atoms with Gasteiger partial charge in [-0.05, 0) is 25.1 Å². The highest BCUT2D eigenvalue weighted by molar-refractivity contribution is 6.02. The lowest BCUT2D eigenvalue weighted by atomic mass is 10.0. The lowest BCUT2D eigenvalue weighted by Gasteiger charge is -2.28. The number of carbonyl (C=O) groups is 2. The summed E-state index contributed by atoms with van der Waals surface area (Å²) in [6, 6.07) is 15.1. The van der Waals surface area contributed by atoms with E-state index in [1.54, 1.807) is 61.5 Å². The minimum atomic E-state index is -0.951. The predicted molar refractivity (Wildman–Crippen MR) is 109 cm³/mol. The van der Waals surface area contributed by atoms with Gasteiger partial charge in [-0.1, -0.05) is 36.4 Å². The van der Waals surface area contributed by atoms with E-state index < -0.39 is 24.2 Å².